The molecule has 0 spiro atoms. The van der Waals surface area contributed by atoms with Crippen molar-refractivity contribution in [3.05, 3.63) is 12.7 Å². The topological polar surface area (TPSA) is 18.5 Å². The van der Waals surface area contributed by atoms with Gasteiger partial charge >= 0.3 is 0 Å². The van der Waals surface area contributed by atoms with Crippen LogP contribution in [0.1, 0.15) is 40.0 Å². The fourth-order valence-electron chi connectivity index (χ4n) is 1.69. The number of hydrogen-bond acceptors (Lipinski definition) is 2. The molecule has 0 saturated carbocycles. The van der Waals surface area contributed by atoms with Gasteiger partial charge in [-0.15, -0.1) is 6.58 Å². The first-order valence-electron chi connectivity index (χ1n) is 5.07. The first-order chi connectivity index (χ1) is 6.09. The van der Waals surface area contributed by atoms with Gasteiger partial charge in [-0.05, 0) is 20.3 Å². The molecule has 0 bridgehead atoms. The van der Waals surface area contributed by atoms with Crippen LogP contribution in [-0.2, 0) is 9.47 Å². The van der Waals surface area contributed by atoms with Crippen LogP contribution in [0.15, 0.2) is 12.7 Å². The lowest BCUT2D eigenvalue weighted by Gasteiger charge is -2.16. The highest BCUT2D eigenvalue weighted by molar-refractivity contribution is 4.92. The predicted molar refractivity (Wildman–Crippen MR) is 53.5 cm³/mol. The molecule has 76 valence electrons. The Bertz CT molecular complexity index is 175. The first-order valence-corrected chi connectivity index (χ1v) is 5.07. The molecule has 2 nitrogen and oxygen atoms in total. The lowest BCUT2D eigenvalue weighted by molar-refractivity contribution is -0.143. The summed E-state index contributed by atoms with van der Waals surface area (Å²) in [5.41, 5.74) is 0. The molecule has 0 aromatic carbocycles. The van der Waals surface area contributed by atoms with Gasteiger partial charge < -0.3 is 9.47 Å². The molecule has 0 N–H and O–H groups in total. The minimum atomic E-state index is -0.433. The van der Waals surface area contributed by atoms with Crippen molar-refractivity contribution in [3.8, 4) is 0 Å². The molecule has 1 fully saturated rings. The van der Waals surface area contributed by atoms with Crippen LogP contribution in [-0.4, -0.2) is 18.0 Å². The average Bonchev–Trinajstić information content (AvgIpc) is 2.37. The Hall–Kier alpha value is -0.340. The maximum atomic E-state index is 5.76. The Kier molecular flexibility index (Phi) is 3.51. The van der Waals surface area contributed by atoms with Crippen molar-refractivity contribution in [1.29, 1.82) is 0 Å². The maximum Gasteiger partial charge on any atom is 0.164 e. The standard InChI is InChI=1S/C11H20O2/c1-5-7-8-10-9(6-2)12-11(3,4)13-10/h6,9-10H,2,5,7-8H2,1,3-4H3/t9-,10-/m1/s1. The molecule has 0 amide bonds. The fraction of sp³-hybridized carbons (Fsp3) is 0.818. The molecule has 13 heavy (non-hydrogen) atoms. The van der Waals surface area contributed by atoms with E-state index >= 15 is 0 Å². The van der Waals surface area contributed by atoms with E-state index < -0.39 is 5.79 Å². The van der Waals surface area contributed by atoms with E-state index in [9.17, 15) is 0 Å². The summed E-state index contributed by atoms with van der Waals surface area (Å²) in [6.07, 6.45) is 5.57. The zero-order valence-electron chi connectivity index (χ0n) is 8.88. The Morgan fingerprint density at radius 2 is 2.08 bits per heavy atom. The molecule has 1 heterocycles. The van der Waals surface area contributed by atoms with Crippen LogP contribution >= 0.6 is 0 Å². The number of unbranched alkanes of at least 4 members (excludes halogenated alkanes) is 1. The van der Waals surface area contributed by atoms with Gasteiger partial charge in [-0.2, -0.15) is 0 Å². The highest BCUT2D eigenvalue weighted by Gasteiger charge is 2.38. The summed E-state index contributed by atoms with van der Waals surface area (Å²) < 4.78 is 11.4. The van der Waals surface area contributed by atoms with E-state index in [1.807, 2.05) is 19.9 Å². The molecule has 2 heteroatoms. The van der Waals surface area contributed by atoms with Crippen LogP contribution < -0.4 is 0 Å². The quantitative estimate of drug-likeness (QED) is 0.625. The van der Waals surface area contributed by atoms with Crippen molar-refractivity contribution in [1.82, 2.24) is 0 Å². The van der Waals surface area contributed by atoms with Crippen molar-refractivity contribution in [2.24, 2.45) is 0 Å². The van der Waals surface area contributed by atoms with Gasteiger partial charge in [0.05, 0.1) is 6.10 Å². The molecule has 0 radical (unpaired) electrons. The molecule has 0 aliphatic carbocycles. The Labute approximate surface area is 80.9 Å². The largest absolute Gasteiger partial charge is 0.344 e. The summed E-state index contributed by atoms with van der Waals surface area (Å²) in [6, 6.07) is 0. The van der Waals surface area contributed by atoms with Crippen molar-refractivity contribution >= 4 is 0 Å². The molecule has 1 rings (SSSR count). The van der Waals surface area contributed by atoms with Gasteiger partial charge in [-0.3, -0.25) is 0 Å². The van der Waals surface area contributed by atoms with E-state index in [2.05, 4.69) is 13.5 Å². The minimum absolute atomic E-state index is 0.0709. The van der Waals surface area contributed by atoms with E-state index in [4.69, 9.17) is 9.47 Å². The Morgan fingerprint density at radius 1 is 1.38 bits per heavy atom. The zero-order valence-corrected chi connectivity index (χ0v) is 8.88. The van der Waals surface area contributed by atoms with E-state index in [-0.39, 0.29) is 12.2 Å². The summed E-state index contributed by atoms with van der Waals surface area (Å²) in [5, 5.41) is 0. The van der Waals surface area contributed by atoms with Crippen LogP contribution in [0.2, 0.25) is 0 Å². The van der Waals surface area contributed by atoms with Crippen LogP contribution in [0.25, 0.3) is 0 Å². The summed E-state index contributed by atoms with van der Waals surface area (Å²) >= 11 is 0. The molecule has 0 aromatic rings. The second-order valence-corrected chi connectivity index (χ2v) is 4.02. The third kappa shape index (κ3) is 2.82. The van der Waals surface area contributed by atoms with Crippen molar-refractivity contribution in [3.63, 3.8) is 0 Å². The van der Waals surface area contributed by atoms with Gasteiger partial charge in [0.1, 0.15) is 6.10 Å². The second kappa shape index (κ2) is 4.25. The van der Waals surface area contributed by atoms with Crippen molar-refractivity contribution in [2.75, 3.05) is 0 Å². The molecule has 0 aromatic heterocycles. The van der Waals surface area contributed by atoms with Gasteiger partial charge in [0.2, 0.25) is 0 Å². The maximum absolute atomic E-state index is 5.76. The lowest BCUT2D eigenvalue weighted by Crippen LogP contribution is -2.21. The zero-order chi connectivity index (χ0) is 9.90. The van der Waals surface area contributed by atoms with Crippen molar-refractivity contribution in [2.45, 2.75) is 58.0 Å². The summed E-state index contributed by atoms with van der Waals surface area (Å²) in [6.45, 7) is 9.85. The Morgan fingerprint density at radius 3 is 2.62 bits per heavy atom. The van der Waals surface area contributed by atoms with Crippen molar-refractivity contribution < 1.29 is 9.47 Å². The van der Waals surface area contributed by atoms with Gasteiger partial charge in [0.25, 0.3) is 0 Å². The van der Waals surface area contributed by atoms with Crippen LogP contribution in [0.5, 0.6) is 0 Å². The van der Waals surface area contributed by atoms with E-state index in [0.29, 0.717) is 0 Å². The van der Waals surface area contributed by atoms with E-state index in [1.165, 1.54) is 12.8 Å². The first kappa shape index (κ1) is 10.7. The number of rotatable bonds is 4. The third-order valence-electron chi connectivity index (χ3n) is 2.30. The van der Waals surface area contributed by atoms with Crippen LogP contribution in [0, 0.1) is 0 Å². The predicted octanol–water partition coefficient (Wildman–Crippen LogP) is 2.88. The average molecular weight is 184 g/mol. The molecule has 2 atom stereocenters. The number of hydrogen-bond donors (Lipinski definition) is 0. The van der Waals surface area contributed by atoms with Gasteiger partial charge in [0, 0.05) is 0 Å². The summed E-state index contributed by atoms with van der Waals surface area (Å²) in [7, 11) is 0. The van der Waals surface area contributed by atoms with E-state index in [1.54, 1.807) is 0 Å². The highest BCUT2D eigenvalue weighted by atomic mass is 16.7. The SMILES string of the molecule is C=C[C@H]1OC(C)(C)O[C@@H]1CCCC. The smallest absolute Gasteiger partial charge is 0.164 e. The Balaban J connectivity index is 2.48. The van der Waals surface area contributed by atoms with Crippen LogP contribution in [0.4, 0.5) is 0 Å². The highest BCUT2D eigenvalue weighted by Crippen LogP contribution is 2.31. The normalized spacial score (nSPS) is 31.9. The molecule has 0 unspecified atom stereocenters. The van der Waals surface area contributed by atoms with Gasteiger partial charge in [0.15, 0.2) is 5.79 Å². The van der Waals surface area contributed by atoms with E-state index in [0.717, 1.165) is 6.42 Å². The minimum Gasteiger partial charge on any atom is -0.344 e. The molecular formula is C11H20O2. The molecule has 1 aliphatic heterocycles. The summed E-state index contributed by atoms with van der Waals surface area (Å²) in [5.74, 6) is -0.433. The molecular weight excluding hydrogens is 164 g/mol. The molecule has 1 saturated heterocycles. The van der Waals surface area contributed by atoms with Gasteiger partial charge in [-0.1, -0.05) is 25.8 Å². The second-order valence-electron chi connectivity index (χ2n) is 4.02. The van der Waals surface area contributed by atoms with Crippen LogP contribution in [0.3, 0.4) is 0 Å². The fourth-order valence-corrected chi connectivity index (χ4v) is 1.69. The third-order valence-corrected chi connectivity index (χ3v) is 2.30. The summed E-state index contributed by atoms with van der Waals surface area (Å²) in [4.78, 5) is 0. The molecule has 1 aliphatic rings. The monoisotopic (exact) mass is 184 g/mol. The lowest BCUT2D eigenvalue weighted by atomic mass is 10.1. The number of ether oxygens (including phenoxy) is 2. The van der Waals surface area contributed by atoms with Gasteiger partial charge in [-0.25, -0.2) is 0 Å².